The summed E-state index contributed by atoms with van der Waals surface area (Å²) >= 11 is 1.73. The Kier molecular flexibility index (Phi) is 8.89. The molecule has 0 bridgehead atoms. The molecule has 2 aliphatic rings. The maximum atomic E-state index is 12.7. The van der Waals surface area contributed by atoms with E-state index in [9.17, 15) is 9.59 Å². The number of nitrogens with zero attached hydrogens (tertiary/aromatic N) is 9. The third-order valence-electron chi connectivity index (χ3n) is 7.68. The second-order valence-electron chi connectivity index (χ2n) is 10.5. The summed E-state index contributed by atoms with van der Waals surface area (Å²) in [5.74, 6) is 1.47. The standard InChI is InChI=1S/C29H32N10O3S/c30-36-31-8-2-3-20(40)6-7-26(41)38-11-9-37(10-12-38)19-21-17-25-27(43-21)29(39-13-15-42-16-14-39)34-28(33-25)22-4-1-5-24-23(22)18-32-35-24/h1-5,17-18H,6-16,19H2,(H,32,35)/b3-2+. The number of amides is 1. The summed E-state index contributed by atoms with van der Waals surface area (Å²) in [7, 11) is 0. The molecule has 0 unspecified atom stereocenters. The molecule has 5 heterocycles. The minimum absolute atomic E-state index is 0.0103. The van der Waals surface area contributed by atoms with Crippen LogP contribution in [0.2, 0.25) is 0 Å². The summed E-state index contributed by atoms with van der Waals surface area (Å²) in [5.41, 5.74) is 11.1. The third-order valence-corrected chi connectivity index (χ3v) is 8.79. The molecule has 2 aliphatic heterocycles. The van der Waals surface area contributed by atoms with Gasteiger partial charge in [-0.05, 0) is 23.7 Å². The molecule has 4 aromatic rings. The molecule has 0 aliphatic carbocycles. The molecule has 14 heteroatoms. The van der Waals surface area contributed by atoms with E-state index in [1.165, 1.54) is 17.0 Å². The van der Waals surface area contributed by atoms with Crippen LogP contribution in [-0.2, 0) is 20.9 Å². The van der Waals surface area contributed by atoms with Gasteiger partial charge in [0.05, 0.1) is 35.1 Å². The second-order valence-corrected chi connectivity index (χ2v) is 11.6. The number of thiophene rings is 1. The first-order chi connectivity index (χ1) is 21.1. The van der Waals surface area contributed by atoms with Crippen molar-refractivity contribution in [2.45, 2.75) is 19.4 Å². The summed E-state index contributed by atoms with van der Waals surface area (Å²) in [4.78, 5) is 45.1. The number of aromatic nitrogens is 4. The molecule has 2 fully saturated rings. The number of hydrogen-bond donors (Lipinski definition) is 1. The number of fused-ring (bicyclic) bond motifs is 2. The van der Waals surface area contributed by atoms with Gasteiger partial charge in [-0.1, -0.05) is 23.3 Å². The number of H-pyrrole nitrogens is 1. The molecule has 222 valence electrons. The maximum Gasteiger partial charge on any atom is 0.223 e. The van der Waals surface area contributed by atoms with Crippen molar-refractivity contribution in [3.8, 4) is 11.4 Å². The number of anilines is 1. The minimum atomic E-state index is -0.144. The quantitative estimate of drug-likeness (QED) is 0.124. The van der Waals surface area contributed by atoms with Crippen LogP contribution < -0.4 is 4.90 Å². The number of aromatic amines is 1. The molecular weight excluding hydrogens is 568 g/mol. The molecular formula is C29H32N10O3S. The Bertz CT molecular complexity index is 1700. The zero-order valence-corrected chi connectivity index (χ0v) is 24.5. The van der Waals surface area contributed by atoms with E-state index in [2.05, 4.69) is 36.1 Å². The Morgan fingerprint density at radius 2 is 1.95 bits per heavy atom. The van der Waals surface area contributed by atoms with E-state index in [1.54, 1.807) is 11.3 Å². The van der Waals surface area contributed by atoms with E-state index < -0.39 is 0 Å². The number of benzene rings is 1. The van der Waals surface area contributed by atoms with E-state index in [0.29, 0.717) is 32.1 Å². The molecule has 0 atom stereocenters. The van der Waals surface area contributed by atoms with E-state index in [4.69, 9.17) is 20.2 Å². The normalized spacial score (nSPS) is 16.3. The number of carbonyl (C=O) groups excluding carboxylic acids is 2. The summed E-state index contributed by atoms with van der Waals surface area (Å²) in [6.07, 6.45) is 5.03. The largest absolute Gasteiger partial charge is 0.378 e. The average Bonchev–Trinajstić information content (AvgIpc) is 3.69. The van der Waals surface area contributed by atoms with Crippen LogP contribution in [0.25, 0.3) is 43.0 Å². The number of azide groups is 1. The highest BCUT2D eigenvalue weighted by Gasteiger charge is 2.24. The van der Waals surface area contributed by atoms with Crippen molar-refractivity contribution in [1.82, 2.24) is 30.0 Å². The molecule has 43 heavy (non-hydrogen) atoms. The van der Waals surface area contributed by atoms with Crippen molar-refractivity contribution in [1.29, 1.82) is 0 Å². The summed E-state index contributed by atoms with van der Waals surface area (Å²) < 4.78 is 6.69. The lowest BCUT2D eigenvalue weighted by Gasteiger charge is -2.34. The van der Waals surface area contributed by atoms with Crippen LogP contribution >= 0.6 is 11.3 Å². The highest BCUT2D eigenvalue weighted by Crippen LogP contribution is 2.36. The monoisotopic (exact) mass is 600 g/mol. The fourth-order valence-corrected chi connectivity index (χ4v) is 6.59. The summed E-state index contributed by atoms with van der Waals surface area (Å²) in [5, 5.41) is 11.6. The summed E-state index contributed by atoms with van der Waals surface area (Å²) in [6, 6.07) is 8.19. The van der Waals surface area contributed by atoms with Gasteiger partial charge in [-0.25, -0.2) is 9.97 Å². The van der Waals surface area contributed by atoms with Gasteiger partial charge < -0.3 is 14.5 Å². The van der Waals surface area contributed by atoms with Crippen molar-refractivity contribution in [3.63, 3.8) is 0 Å². The number of piperazine rings is 1. The summed E-state index contributed by atoms with van der Waals surface area (Å²) in [6.45, 7) is 6.57. The van der Waals surface area contributed by atoms with Crippen molar-refractivity contribution in [3.05, 3.63) is 57.9 Å². The third kappa shape index (κ3) is 6.67. The Morgan fingerprint density at radius 3 is 2.77 bits per heavy atom. The van der Waals surface area contributed by atoms with Crippen LogP contribution in [0.5, 0.6) is 0 Å². The lowest BCUT2D eigenvalue weighted by atomic mass is 10.1. The fourth-order valence-electron chi connectivity index (χ4n) is 5.43. The topological polar surface area (TPSA) is 156 Å². The zero-order chi connectivity index (χ0) is 29.6. The number of ketones is 1. The first kappa shape index (κ1) is 28.7. The minimum Gasteiger partial charge on any atom is -0.378 e. The number of ether oxygens (including phenoxy) is 1. The number of rotatable bonds is 10. The van der Waals surface area contributed by atoms with Gasteiger partial charge in [-0.15, -0.1) is 11.3 Å². The van der Waals surface area contributed by atoms with Crippen LogP contribution in [0.15, 0.2) is 47.7 Å². The van der Waals surface area contributed by atoms with Crippen molar-refractivity contribution < 1.29 is 14.3 Å². The van der Waals surface area contributed by atoms with E-state index in [1.807, 2.05) is 29.3 Å². The molecule has 0 spiro atoms. The number of morpholine rings is 1. The van der Waals surface area contributed by atoms with Gasteiger partial charge in [0.25, 0.3) is 0 Å². The van der Waals surface area contributed by atoms with Gasteiger partial charge in [0.15, 0.2) is 17.4 Å². The van der Waals surface area contributed by atoms with Gasteiger partial charge in [0.2, 0.25) is 5.91 Å². The van der Waals surface area contributed by atoms with Crippen LogP contribution in [0.3, 0.4) is 0 Å². The van der Waals surface area contributed by atoms with Gasteiger partial charge in [-0.2, -0.15) is 5.10 Å². The molecule has 3 aromatic heterocycles. The number of allylic oxidation sites excluding steroid dienone is 1. The maximum absolute atomic E-state index is 12.7. The molecule has 1 amide bonds. The first-order valence-electron chi connectivity index (χ1n) is 14.3. The van der Waals surface area contributed by atoms with Crippen molar-refractivity contribution in [2.75, 3.05) is 63.9 Å². The van der Waals surface area contributed by atoms with Gasteiger partial charge in [0, 0.05) is 85.9 Å². The predicted octanol–water partition coefficient (Wildman–Crippen LogP) is 3.93. The predicted molar refractivity (Wildman–Crippen MR) is 165 cm³/mol. The first-order valence-corrected chi connectivity index (χ1v) is 15.2. The van der Waals surface area contributed by atoms with Gasteiger partial charge in [-0.3, -0.25) is 19.6 Å². The Morgan fingerprint density at radius 1 is 1.12 bits per heavy atom. The highest BCUT2D eigenvalue weighted by molar-refractivity contribution is 7.19. The van der Waals surface area contributed by atoms with E-state index >= 15 is 0 Å². The average molecular weight is 601 g/mol. The van der Waals surface area contributed by atoms with Gasteiger partial charge in [0.1, 0.15) is 0 Å². The molecule has 0 radical (unpaired) electrons. The van der Waals surface area contributed by atoms with Crippen LogP contribution in [0.4, 0.5) is 5.82 Å². The molecule has 13 nitrogen and oxygen atoms in total. The van der Waals surface area contributed by atoms with E-state index in [0.717, 1.165) is 65.2 Å². The van der Waals surface area contributed by atoms with Crippen LogP contribution in [-0.4, -0.2) is 101 Å². The second kappa shape index (κ2) is 13.3. The fraction of sp³-hybridized carbons (Fsp3) is 0.414. The van der Waals surface area contributed by atoms with Crippen LogP contribution in [0, 0.1) is 0 Å². The molecule has 0 saturated carbocycles. The Hall–Kier alpha value is -4.36. The van der Waals surface area contributed by atoms with Crippen LogP contribution in [0.1, 0.15) is 17.7 Å². The Labute approximate surface area is 251 Å². The Balaban J connectivity index is 1.14. The molecule has 1 aromatic carbocycles. The number of carbonyl (C=O) groups is 2. The smallest absolute Gasteiger partial charge is 0.223 e. The van der Waals surface area contributed by atoms with Crippen molar-refractivity contribution in [2.24, 2.45) is 5.11 Å². The number of nitrogens with one attached hydrogen (secondary N) is 1. The molecule has 6 rings (SSSR count). The van der Waals surface area contributed by atoms with Gasteiger partial charge >= 0.3 is 0 Å². The lowest BCUT2D eigenvalue weighted by Crippen LogP contribution is -2.48. The van der Waals surface area contributed by atoms with Crippen molar-refractivity contribution >= 4 is 50.0 Å². The van der Waals surface area contributed by atoms with E-state index in [-0.39, 0.29) is 31.1 Å². The SMILES string of the molecule is [N-]=[N+]=NC/C=C/C(=O)CCC(=O)N1CCN(Cc2cc3nc(-c4cccc5[nH]ncc45)nc(N4CCOCC4)c3s2)CC1. The molecule has 1 N–H and O–H groups in total. The molecule has 2 saturated heterocycles. The highest BCUT2D eigenvalue weighted by atomic mass is 32.1. The number of hydrogen-bond acceptors (Lipinski definition) is 10. The zero-order valence-electron chi connectivity index (χ0n) is 23.7. The lowest BCUT2D eigenvalue weighted by molar-refractivity contribution is -0.134.